The molecule has 0 saturated heterocycles. The van der Waals surface area contributed by atoms with Crippen LogP contribution in [-0.4, -0.2) is 11.4 Å². The molecule has 3 aromatic rings. The fourth-order valence-electron chi connectivity index (χ4n) is 3.87. The van der Waals surface area contributed by atoms with E-state index < -0.39 is 0 Å². The van der Waals surface area contributed by atoms with Crippen molar-refractivity contribution >= 4 is 34.1 Å². The van der Waals surface area contributed by atoms with Gasteiger partial charge in [-0.3, -0.25) is 9.98 Å². The molecule has 0 saturated carbocycles. The molecule has 0 aliphatic carbocycles. The molecule has 0 aliphatic heterocycles. The molecule has 1 heterocycles. The van der Waals surface area contributed by atoms with Crippen LogP contribution in [-0.2, 0) is 0 Å². The number of aliphatic imine (C=N–C) groups is 2. The molecule has 3 rings (SSSR count). The van der Waals surface area contributed by atoms with E-state index in [4.69, 9.17) is 9.98 Å². The minimum atomic E-state index is 1.05. The van der Waals surface area contributed by atoms with Crippen molar-refractivity contribution in [2.75, 3.05) is 0 Å². The van der Waals surface area contributed by atoms with E-state index in [2.05, 4.69) is 91.8 Å². The van der Waals surface area contributed by atoms with Gasteiger partial charge in [0.1, 0.15) is 0 Å². The van der Waals surface area contributed by atoms with Gasteiger partial charge in [0.2, 0.25) is 0 Å². The highest BCUT2D eigenvalue weighted by Crippen LogP contribution is 2.29. The number of aryl methyl sites for hydroxylation is 6. The molecule has 0 aliphatic rings. The Bertz CT molecular complexity index is 995. The number of hydrogen-bond donors (Lipinski definition) is 0. The van der Waals surface area contributed by atoms with Crippen molar-refractivity contribution in [2.45, 2.75) is 55.4 Å². The van der Waals surface area contributed by atoms with Gasteiger partial charge in [0, 0.05) is 9.75 Å². The number of rotatable bonds is 4. The van der Waals surface area contributed by atoms with Crippen LogP contribution >= 0.6 is 11.3 Å². The Labute approximate surface area is 179 Å². The van der Waals surface area contributed by atoms with Crippen LogP contribution < -0.4 is 0 Å². The summed E-state index contributed by atoms with van der Waals surface area (Å²) in [5.74, 6) is 0. The summed E-state index contributed by atoms with van der Waals surface area (Å²) < 4.78 is 0. The summed E-state index contributed by atoms with van der Waals surface area (Å²) in [4.78, 5) is 12.3. The minimum Gasteiger partial charge on any atom is -0.252 e. The molecule has 1 aromatic heterocycles. The second kappa shape index (κ2) is 8.46. The van der Waals surface area contributed by atoms with Crippen LogP contribution in [0.15, 0.2) is 46.4 Å². The van der Waals surface area contributed by atoms with E-state index in [0.717, 1.165) is 22.8 Å². The van der Waals surface area contributed by atoms with Gasteiger partial charge < -0.3 is 0 Å². The maximum atomic E-state index is 4.95. The third-order valence-corrected chi connectivity index (χ3v) is 6.45. The van der Waals surface area contributed by atoms with Gasteiger partial charge in [-0.05, 0) is 89.8 Å². The van der Waals surface area contributed by atoms with Gasteiger partial charge in [0.25, 0.3) is 0 Å². The smallest absolute Gasteiger partial charge is 0.0691 e. The first-order valence-electron chi connectivity index (χ1n) is 10.0. The highest BCUT2D eigenvalue weighted by Gasteiger charge is 2.10. The van der Waals surface area contributed by atoms with E-state index in [-0.39, 0.29) is 0 Å². The average Bonchev–Trinajstić information content (AvgIpc) is 3.11. The molecule has 0 fully saturated rings. The van der Waals surface area contributed by atoms with Gasteiger partial charge in [-0.15, -0.1) is 11.3 Å². The summed E-state index contributed by atoms with van der Waals surface area (Å²) in [6.07, 6.45) is 0. The topological polar surface area (TPSA) is 24.7 Å². The van der Waals surface area contributed by atoms with Crippen molar-refractivity contribution < 1.29 is 0 Å². The summed E-state index contributed by atoms with van der Waals surface area (Å²) in [6, 6.07) is 13.1. The van der Waals surface area contributed by atoms with Crippen LogP contribution in [0.1, 0.15) is 57.0 Å². The second-order valence-electron chi connectivity index (χ2n) is 8.05. The zero-order valence-electron chi connectivity index (χ0n) is 18.8. The Hall–Kier alpha value is -2.52. The van der Waals surface area contributed by atoms with Crippen molar-refractivity contribution in [3.05, 3.63) is 79.5 Å². The van der Waals surface area contributed by atoms with E-state index in [1.54, 1.807) is 11.3 Å². The first-order valence-corrected chi connectivity index (χ1v) is 10.8. The van der Waals surface area contributed by atoms with E-state index in [0.29, 0.717) is 0 Å². The quantitative estimate of drug-likeness (QED) is 0.396. The zero-order valence-corrected chi connectivity index (χ0v) is 19.6. The van der Waals surface area contributed by atoms with Crippen molar-refractivity contribution in [1.82, 2.24) is 0 Å². The molecule has 29 heavy (non-hydrogen) atoms. The highest BCUT2D eigenvalue weighted by molar-refractivity contribution is 7.16. The molecule has 0 N–H and O–H groups in total. The molecule has 0 bridgehead atoms. The predicted molar refractivity (Wildman–Crippen MR) is 129 cm³/mol. The first kappa shape index (κ1) is 21.2. The second-order valence-corrected chi connectivity index (χ2v) is 9.14. The summed E-state index contributed by atoms with van der Waals surface area (Å²) in [6.45, 7) is 17.0. The Kier molecular flexibility index (Phi) is 6.18. The third-order valence-electron chi connectivity index (χ3n) is 5.15. The van der Waals surface area contributed by atoms with E-state index in [1.165, 1.54) is 43.1 Å². The Morgan fingerprint density at radius 1 is 0.586 bits per heavy atom. The van der Waals surface area contributed by atoms with Crippen LogP contribution in [0.3, 0.4) is 0 Å². The molecule has 0 unspecified atom stereocenters. The van der Waals surface area contributed by atoms with Gasteiger partial charge in [-0.25, -0.2) is 0 Å². The lowest BCUT2D eigenvalue weighted by Gasteiger charge is -2.08. The zero-order chi connectivity index (χ0) is 21.3. The highest BCUT2D eigenvalue weighted by atomic mass is 32.1. The number of nitrogens with zero attached hydrogens (tertiary/aromatic N) is 2. The largest absolute Gasteiger partial charge is 0.252 e. The van der Waals surface area contributed by atoms with Crippen LogP contribution in [0.5, 0.6) is 0 Å². The number of thiophene rings is 1. The van der Waals surface area contributed by atoms with Crippen LogP contribution in [0, 0.1) is 41.5 Å². The van der Waals surface area contributed by atoms with Gasteiger partial charge in [-0.1, -0.05) is 35.4 Å². The van der Waals surface area contributed by atoms with Crippen molar-refractivity contribution in [3.8, 4) is 0 Å². The Morgan fingerprint density at radius 3 is 1.21 bits per heavy atom. The molecule has 0 radical (unpaired) electrons. The maximum Gasteiger partial charge on any atom is 0.0691 e. The average molecular weight is 403 g/mol. The summed E-state index contributed by atoms with van der Waals surface area (Å²) in [5, 5.41) is 0. The summed E-state index contributed by atoms with van der Waals surface area (Å²) in [5.41, 5.74) is 11.7. The Morgan fingerprint density at radius 2 is 0.897 bits per heavy atom. The molecule has 3 heteroatoms. The lowest BCUT2D eigenvalue weighted by atomic mass is 10.1. The summed E-state index contributed by atoms with van der Waals surface area (Å²) in [7, 11) is 0. The van der Waals surface area contributed by atoms with Gasteiger partial charge in [0.05, 0.1) is 22.8 Å². The molecular formula is C26H30N2S. The standard InChI is InChI=1S/C26H30N2S/c1-15-11-17(3)25(18(4)12-15)27-21(7)23-9-10-24(29-23)22(8)28-26-19(5)13-16(2)14-20(26)6/h9-14H,1-8H3/b27-21+,28-22+. The fourth-order valence-corrected chi connectivity index (χ4v) is 4.77. The Balaban J connectivity index is 1.93. The van der Waals surface area contributed by atoms with Crippen LogP contribution in [0.4, 0.5) is 11.4 Å². The molecule has 2 aromatic carbocycles. The van der Waals surface area contributed by atoms with E-state index in [1.807, 2.05) is 0 Å². The van der Waals surface area contributed by atoms with Crippen molar-refractivity contribution in [3.63, 3.8) is 0 Å². The third kappa shape index (κ3) is 4.73. The van der Waals surface area contributed by atoms with E-state index in [9.17, 15) is 0 Å². The normalized spacial score (nSPS) is 12.6. The van der Waals surface area contributed by atoms with Crippen LogP contribution in [0.2, 0.25) is 0 Å². The minimum absolute atomic E-state index is 1.05. The molecule has 150 valence electrons. The van der Waals surface area contributed by atoms with Gasteiger partial charge in [-0.2, -0.15) is 0 Å². The van der Waals surface area contributed by atoms with Gasteiger partial charge in [0.15, 0.2) is 0 Å². The first-order chi connectivity index (χ1) is 13.7. The van der Waals surface area contributed by atoms with Crippen molar-refractivity contribution in [1.29, 1.82) is 0 Å². The monoisotopic (exact) mass is 402 g/mol. The molecule has 0 spiro atoms. The van der Waals surface area contributed by atoms with Gasteiger partial charge >= 0.3 is 0 Å². The molecule has 0 atom stereocenters. The predicted octanol–water partition coefficient (Wildman–Crippen LogP) is 7.88. The molecule has 2 nitrogen and oxygen atoms in total. The SMILES string of the molecule is C/C(=N\c1c(C)cc(C)cc1C)c1ccc(/C(C)=N/c2c(C)cc(C)cc2C)s1. The van der Waals surface area contributed by atoms with E-state index >= 15 is 0 Å². The summed E-state index contributed by atoms with van der Waals surface area (Å²) >= 11 is 1.76. The van der Waals surface area contributed by atoms with Crippen LogP contribution in [0.25, 0.3) is 0 Å². The lowest BCUT2D eigenvalue weighted by molar-refractivity contribution is 1.28. The molecular weight excluding hydrogens is 372 g/mol. The van der Waals surface area contributed by atoms with Crippen molar-refractivity contribution in [2.24, 2.45) is 9.98 Å². The number of benzene rings is 2. The fraction of sp³-hybridized carbons (Fsp3) is 0.308. The molecule has 0 amide bonds. The lowest BCUT2D eigenvalue weighted by Crippen LogP contribution is -1.93. The number of hydrogen-bond acceptors (Lipinski definition) is 3. The maximum absolute atomic E-state index is 4.95.